The fourth-order valence-electron chi connectivity index (χ4n) is 2.42. The van der Waals surface area contributed by atoms with Crippen LogP contribution in [-0.4, -0.2) is 70.8 Å². The Morgan fingerprint density at radius 1 is 1.24 bits per heavy atom. The van der Waals surface area contributed by atoms with E-state index >= 15 is 0 Å². The lowest BCUT2D eigenvalue weighted by atomic mass is 10.1. The van der Waals surface area contributed by atoms with E-state index in [0.29, 0.717) is 12.8 Å². The number of carboxylic acid groups (broad SMARTS) is 1. The number of hydrogen-bond donors (Lipinski definition) is 5. The molecule has 3 unspecified atom stereocenters. The molecule has 0 aromatic rings. The molecular weight excluding hydrogens is 334 g/mol. The van der Waals surface area contributed by atoms with E-state index in [1.807, 2.05) is 0 Å². The fraction of sp³-hybridized carbons (Fsp3) is 0.643. The molecule has 25 heavy (non-hydrogen) atoms. The molecule has 7 N–H and O–H groups in total. The van der Waals surface area contributed by atoms with Gasteiger partial charge in [0.15, 0.2) is 0 Å². The molecule has 1 heterocycles. The summed E-state index contributed by atoms with van der Waals surface area (Å²) in [5.41, 5.74) is 10.4. The van der Waals surface area contributed by atoms with E-state index in [2.05, 4.69) is 10.6 Å². The Morgan fingerprint density at radius 2 is 1.88 bits per heavy atom. The zero-order valence-electron chi connectivity index (χ0n) is 13.9. The van der Waals surface area contributed by atoms with E-state index in [-0.39, 0.29) is 6.54 Å². The van der Waals surface area contributed by atoms with Crippen LogP contribution in [0.5, 0.6) is 0 Å². The molecular formula is C14H23N5O6. The average Bonchev–Trinajstić information content (AvgIpc) is 3.00. The van der Waals surface area contributed by atoms with Gasteiger partial charge in [-0.3, -0.25) is 19.2 Å². The maximum Gasteiger partial charge on any atom is 0.326 e. The predicted octanol–water partition coefficient (Wildman–Crippen LogP) is -3.11. The second kappa shape index (κ2) is 8.97. The number of primary amides is 1. The minimum absolute atomic E-state index is 0.289. The number of likely N-dealkylation sites (tertiary alicyclic amines) is 1. The minimum Gasteiger partial charge on any atom is -0.480 e. The molecule has 0 bridgehead atoms. The molecule has 1 aliphatic heterocycles. The number of aliphatic carboxylic acids is 1. The Kier molecular flexibility index (Phi) is 7.30. The maximum atomic E-state index is 12.1. The van der Waals surface area contributed by atoms with Crippen LogP contribution in [0, 0.1) is 0 Å². The van der Waals surface area contributed by atoms with Gasteiger partial charge in [-0.15, -0.1) is 0 Å². The van der Waals surface area contributed by atoms with Crippen molar-refractivity contribution in [3.63, 3.8) is 0 Å². The molecule has 0 aromatic carbocycles. The second-order valence-corrected chi connectivity index (χ2v) is 5.82. The van der Waals surface area contributed by atoms with Gasteiger partial charge in [0.2, 0.25) is 23.6 Å². The quantitative estimate of drug-likeness (QED) is 0.304. The van der Waals surface area contributed by atoms with Crippen LogP contribution in [0.4, 0.5) is 0 Å². The zero-order chi connectivity index (χ0) is 19.1. The highest BCUT2D eigenvalue weighted by atomic mass is 16.4. The van der Waals surface area contributed by atoms with Crippen LogP contribution in [0.25, 0.3) is 0 Å². The van der Waals surface area contributed by atoms with Crippen LogP contribution in [0.3, 0.4) is 0 Å². The summed E-state index contributed by atoms with van der Waals surface area (Å²) in [4.78, 5) is 59.1. The van der Waals surface area contributed by atoms with Crippen LogP contribution in [0.15, 0.2) is 0 Å². The first-order valence-corrected chi connectivity index (χ1v) is 7.77. The van der Waals surface area contributed by atoms with Crippen LogP contribution in [0.2, 0.25) is 0 Å². The van der Waals surface area contributed by atoms with Crippen molar-refractivity contribution in [2.75, 3.05) is 13.1 Å². The zero-order valence-corrected chi connectivity index (χ0v) is 13.9. The lowest BCUT2D eigenvalue weighted by Gasteiger charge is -2.23. The SMILES string of the molecule is CC(N)C(=O)NC(CC(N)=O)C(=O)NCC(=O)N1CCCC1C(=O)O. The number of amides is 4. The van der Waals surface area contributed by atoms with Crippen molar-refractivity contribution >= 4 is 29.6 Å². The lowest BCUT2D eigenvalue weighted by molar-refractivity contribution is -0.148. The summed E-state index contributed by atoms with van der Waals surface area (Å²) in [5.74, 6) is -3.92. The molecule has 0 aliphatic carbocycles. The number of carbonyl (C=O) groups excluding carboxylic acids is 4. The first kappa shape index (κ1) is 20.4. The molecule has 0 saturated carbocycles. The average molecular weight is 357 g/mol. The van der Waals surface area contributed by atoms with Gasteiger partial charge in [0.25, 0.3) is 0 Å². The number of nitrogens with zero attached hydrogens (tertiary/aromatic N) is 1. The topological polar surface area (TPSA) is 185 Å². The summed E-state index contributed by atoms with van der Waals surface area (Å²) in [5, 5.41) is 13.6. The van der Waals surface area contributed by atoms with Crippen molar-refractivity contribution in [1.29, 1.82) is 0 Å². The molecule has 11 nitrogen and oxygen atoms in total. The van der Waals surface area contributed by atoms with Crippen molar-refractivity contribution in [3.8, 4) is 0 Å². The van der Waals surface area contributed by atoms with Crippen molar-refractivity contribution in [3.05, 3.63) is 0 Å². The van der Waals surface area contributed by atoms with E-state index in [1.165, 1.54) is 11.8 Å². The molecule has 1 fully saturated rings. The highest BCUT2D eigenvalue weighted by molar-refractivity contribution is 5.95. The van der Waals surface area contributed by atoms with Crippen LogP contribution in [-0.2, 0) is 24.0 Å². The summed E-state index contributed by atoms with van der Waals surface area (Å²) < 4.78 is 0. The van der Waals surface area contributed by atoms with Gasteiger partial charge in [-0.05, 0) is 19.8 Å². The van der Waals surface area contributed by atoms with Gasteiger partial charge < -0.3 is 32.1 Å². The van der Waals surface area contributed by atoms with Crippen molar-refractivity contribution < 1.29 is 29.1 Å². The molecule has 0 aromatic heterocycles. The summed E-state index contributed by atoms with van der Waals surface area (Å²) in [6.45, 7) is 1.24. The van der Waals surface area contributed by atoms with Crippen molar-refractivity contribution in [2.45, 2.75) is 44.3 Å². The number of carboxylic acids is 1. The normalized spacial score (nSPS) is 19.0. The Bertz CT molecular complexity index is 564. The first-order valence-electron chi connectivity index (χ1n) is 7.77. The molecule has 1 aliphatic rings. The van der Waals surface area contributed by atoms with E-state index in [4.69, 9.17) is 16.6 Å². The van der Waals surface area contributed by atoms with Crippen LogP contribution >= 0.6 is 0 Å². The summed E-state index contributed by atoms with van der Waals surface area (Å²) in [7, 11) is 0. The molecule has 1 saturated heterocycles. The van der Waals surface area contributed by atoms with Crippen LogP contribution in [0.1, 0.15) is 26.2 Å². The molecule has 0 spiro atoms. The first-order chi connectivity index (χ1) is 11.6. The monoisotopic (exact) mass is 357 g/mol. The third-order valence-corrected chi connectivity index (χ3v) is 3.72. The number of nitrogens with two attached hydrogens (primary N) is 2. The number of nitrogens with one attached hydrogen (secondary N) is 2. The third kappa shape index (κ3) is 6.03. The van der Waals surface area contributed by atoms with Gasteiger partial charge in [-0.25, -0.2) is 4.79 Å². The highest BCUT2D eigenvalue weighted by Crippen LogP contribution is 2.17. The summed E-state index contributed by atoms with van der Waals surface area (Å²) in [6, 6.07) is -3.08. The van der Waals surface area contributed by atoms with Gasteiger partial charge in [0, 0.05) is 6.54 Å². The van der Waals surface area contributed by atoms with E-state index in [9.17, 15) is 24.0 Å². The van der Waals surface area contributed by atoms with Gasteiger partial charge in [-0.2, -0.15) is 0 Å². The molecule has 0 radical (unpaired) electrons. The fourth-order valence-corrected chi connectivity index (χ4v) is 2.42. The third-order valence-electron chi connectivity index (χ3n) is 3.72. The molecule has 1 rings (SSSR count). The Hall–Kier alpha value is -2.69. The van der Waals surface area contributed by atoms with Crippen LogP contribution < -0.4 is 22.1 Å². The predicted molar refractivity (Wildman–Crippen MR) is 84.8 cm³/mol. The standard InChI is InChI=1S/C14H23N5O6/c1-7(15)12(22)18-8(5-10(16)20)13(23)17-6-11(21)19-4-2-3-9(19)14(24)25/h7-9H,2-6,15H2,1H3,(H2,16,20)(H,17,23)(H,18,22)(H,24,25). The van der Waals surface area contributed by atoms with Crippen molar-refractivity contribution in [2.24, 2.45) is 11.5 Å². The van der Waals surface area contributed by atoms with Gasteiger partial charge in [-0.1, -0.05) is 0 Å². The Morgan fingerprint density at radius 3 is 2.40 bits per heavy atom. The maximum absolute atomic E-state index is 12.1. The number of carbonyl (C=O) groups is 5. The summed E-state index contributed by atoms with van der Waals surface area (Å²) >= 11 is 0. The molecule has 140 valence electrons. The Labute approximate surface area is 144 Å². The Balaban J connectivity index is 2.63. The van der Waals surface area contributed by atoms with E-state index < -0.39 is 60.7 Å². The highest BCUT2D eigenvalue weighted by Gasteiger charge is 2.34. The van der Waals surface area contributed by atoms with E-state index in [1.54, 1.807) is 0 Å². The number of rotatable bonds is 8. The second-order valence-electron chi connectivity index (χ2n) is 5.82. The van der Waals surface area contributed by atoms with Gasteiger partial charge in [0.1, 0.15) is 12.1 Å². The smallest absolute Gasteiger partial charge is 0.326 e. The largest absolute Gasteiger partial charge is 0.480 e. The van der Waals surface area contributed by atoms with Gasteiger partial charge >= 0.3 is 5.97 Å². The minimum atomic E-state index is -1.27. The van der Waals surface area contributed by atoms with Crippen molar-refractivity contribution in [1.82, 2.24) is 15.5 Å². The molecule has 3 atom stereocenters. The summed E-state index contributed by atoms with van der Waals surface area (Å²) in [6.07, 6.45) is 0.453. The molecule has 11 heteroatoms. The lowest BCUT2D eigenvalue weighted by Crippen LogP contribution is -2.54. The van der Waals surface area contributed by atoms with E-state index in [0.717, 1.165) is 0 Å². The molecule has 4 amide bonds. The van der Waals surface area contributed by atoms with Gasteiger partial charge in [0.05, 0.1) is 19.0 Å². The number of hydrogen-bond acceptors (Lipinski definition) is 6.